The molecular weight excluding hydrogens is 320 g/mol. The minimum Gasteiger partial charge on any atom is -0.393 e. The number of hydrogen-bond donors (Lipinski definition) is 1. The largest absolute Gasteiger partial charge is 0.393 e. The minimum absolute atomic E-state index is 0.105. The van der Waals surface area contributed by atoms with Gasteiger partial charge >= 0.3 is 0 Å². The first-order chi connectivity index (χ1) is 12.4. The number of allylic oxidation sites excluding steroid dienone is 2. The number of hydrogen-bond acceptors (Lipinski definition) is 2. The number of ether oxygens (including phenoxy) is 1. The van der Waals surface area contributed by atoms with Gasteiger partial charge < -0.3 is 9.84 Å². The molecule has 0 aromatic heterocycles. The van der Waals surface area contributed by atoms with E-state index in [2.05, 4.69) is 32.9 Å². The molecule has 2 heteroatoms. The van der Waals surface area contributed by atoms with Gasteiger partial charge in [0.15, 0.2) is 0 Å². The van der Waals surface area contributed by atoms with E-state index in [4.69, 9.17) is 4.74 Å². The van der Waals surface area contributed by atoms with Crippen LogP contribution in [0.25, 0.3) is 0 Å². The van der Waals surface area contributed by atoms with Crippen LogP contribution in [0.1, 0.15) is 72.1 Å². The van der Waals surface area contributed by atoms with E-state index in [9.17, 15) is 5.11 Å². The zero-order valence-electron chi connectivity index (χ0n) is 16.8. The van der Waals surface area contributed by atoms with Gasteiger partial charge in [-0.05, 0) is 91.4 Å². The maximum absolute atomic E-state index is 10.2. The van der Waals surface area contributed by atoms with Gasteiger partial charge in [-0.2, -0.15) is 0 Å². The van der Waals surface area contributed by atoms with Crippen molar-refractivity contribution in [1.29, 1.82) is 0 Å². The van der Waals surface area contributed by atoms with E-state index in [1.54, 1.807) is 11.1 Å². The van der Waals surface area contributed by atoms with E-state index in [1.165, 1.54) is 38.5 Å². The number of aliphatic hydroxyl groups excluding tert-OH is 1. The van der Waals surface area contributed by atoms with Crippen LogP contribution in [0, 0.1) is 34.5 Å². The second-order valence-electron chi connectivity index (χ2n) is 10.5. The molecule has 1 saturated heterocycles. The lowest BCUT2D eigenvalue weighted by Crippen LogP contribution is -2.52. The Bertz CT molecular complexity index is 643. The van der Waals surface area contributed by atoms with Crippen molar-refractivity contribution >= 4 is 0 Å². The first-order valence-corrected chi connectivity index (χ1v) is 11.1. The van der Waals surface area contributed by atoms with E-state index < -0.39 is 0 Å². The third-order valence-electron chi connectivity index (χ3n) is 9.33. The quantitative estimate of drug-likeness (QED) is 0.648. The summed E-state index contributed by atoms with van der Waals surface area (Å²) in [6, 6.07) is 0. The zero-order valence-corrected chi connectivity index (χ0v) is 16.8. The molecule has 0 bridgehead atoms. The van der Waals surface area contributed by atoms with Crippen molar-refractivity contribution in [3.63, 3.8) is 0 Å². The van der Waals surface area contributed by atoms with Crippen LogP contribution >= 0.6 is 0 Å². The van der Waals surface area contributed by atoms with Crippen LogP contribution < -0.4 is 0 Å². The third kappa shape index (κ3) is 2.30. The van der Waals surface area contributed by atoms with Gasteiger partial charge in [-0.25, -0.2) is 0 Å². The van der Waals surface area contributed by atoms with Gasteiger partial charge in [-0.15, -0.1) is 0 Å². The van der Waals surface area contributed by atoms with Crippen LogP contribution in [-0.4, -0.2) is 23.9 Å². The Hall–Kier alpha value is -0.600. The molecule has 1 aliphatic heterocycles. The molecule has 5 aliphatic rings. The van der Waals surface area contributed by atoms with Crippen LogP contribution in [-0.2, 0) is 4.74 Å². The molecule has 0 radical (unpaired) electrons. The SMILES string of the molecule is C[C@@H]1C=C2C[C@H](O)CC[C@]2(C)[C@H]2CC[C@]3(C)C(C4CCCO4)=CC[C@H]3[C@H]12. The fraction of sp³-hybridized carbons (Fsp3) is 0.833. The van der Waals surface area contributed by atoms with Crippen LogP contribution in [0.4, 0.5) is 0 Å². The van der Waals surface area contributed by atoms with E-state index in [-0.39, 0.29) is 6.10 Å². The van der Waals surface area contributed by atoms with E-state index >= 15 is 0 Å². The molecule has 8 atom stereocenters. The van der Waals surface area contributed by atoms with Crippen molar-refractivity contribution in [3.8, 4) is 0 Å². The van der Waals surface area contributed by atoms with Crippen LogP contribution in [0.15, 0.2) is 23.3 Å². The van der Waals surface area contributed by atoms with Crippen LogP contribution in [0.2, 0.25) is 0 Å². The van der Waals surface area contributed by atoms with E-state index in [1.807, 2.05) is 0 Å². The molecular formula is C24H36O2. The minimum atomic E-state index is -0.105. The van der Waals surface area contributed by atoms with Crippen molar-refractivity contribution in [1.82, 2.24) is 0 Å². The molecule has 0 spiro atoms. The molecule has 1 unspecified atom stereocenters. The lowest BCUT2D eigenvalue weighted by Gasteiger charge is -2.59. The number of aliphatic hydroxyl groups is 1. The first-order valence-electron chi connectivity index (χ1n) is 11.1. The topological polar surface area (TPSA) is 29.5 Å². The summed E-state index contributed by atoms with van der Waals surface area (Å²) in [6.07, 6.45) is 15.0. The molecule has 2 saturated carbocycles. The van der Waals surface area contributed by atoms with Gasteiger partial charge in [0.05, 0.1) is 12.2 Å². The van der Waals surface area contributed by atoms with Gasteiger partial charge in [-0.1, -0.05) is 38.5 Å². The summed E-state index contributed by atoms with van der Waals surface area (Å²) in [4.78, 5) is 0. The summed E-state index contributed by atoms with van der Waals surface area (Å²) >= 11 is 0. The highest BCUT2D eigenvalue weighted by atomic mass is 16.5. The highest BCUT2D eigenvalue weighted by molar-refractivity contribution is 5.33. The highest BCUT2D eigenvalue weighted by Crippen LogP contribution is 2.66. The smallest absolute Gasteiger partial charge is 0.0791 e. The Balaban J connectivity index is 1.48. The van der Waals surface area contributed by atoms with Crippen molar-refractivity contribution in [2.45, 2.75) is 84.3 Å². The van der Waals surface area contributed by atoms with Crippen molar-refractivity contribution in [3.05, 3.63) is 23.3 Å². The van der Waals surface area contributed by atoms with Gasteiger partial charge in [0.2, 0.25) is 0 Å². The number of fused-ring (bicyclic) bond motifs is 5. The van der Waals surface area contributed by atoms with Crippen molar-refractivity contribution in [2.75, 3.05) is 6.61 Å². The predicted molar refractivity (Wildman–Crippen MR) is 105 cm³/mol. The second kappa shape index (κ2) is 5.95. The third-order valence-corrected chi connectivity index (χ3v) is 9.33. The molecule has 0 aromatic carbocycles. The molecule has 144 valence electrons. The van der Waals surface area contributed by atoms with Crippen molar-refractivity contribution in [2.24, 2.45) is 34.5 Å². The molecule has 1 N–H and O–H groups in total. The Labute approximate surface area is 159 Å². The van der Waals surface area contributed by atoms with Crippen LogP contribution in [0.3, 0.4) is 0 Å². The lowest BCUT2D eigenvalue weighted by molar-refractivity contribution is -0.0531. The summed E-state index contributed by atoms with van der Waals surface area (Å²) in [5.74, 6) is 3.04. The van der Waals surface area contributed by atoms with Gasteiger partial charge in [0.1, 0.15) is 0 Å². The second-order valence-corrected chi connectivity index (χ2v) is 10.5. The monoisotopic (exact) mass is 356 g/mol. The molecule has 0 aromatic rings. The van der Waals surface area contributed by atoms with Gasteiger partial charge in [0, 0.05) is 6.61 Å². The van der Waals surface area contributed by atoms with Crippen LogP contribution in [0.5, 0.6) is 0 Å². The Morgan fingerprint density at radius 2 is 1.88 bits per heavy atom. The maximum Gasteiger partial charge on any atom is 0.0791 e. The molecule has 5 rings (SSSR count). The molecule has 26 heavy (non-hydrogen) atoms. The Kier molecular flexibility index (Phi) is 4.00. The van der Waals surface area contributed by atoms with Gasteiger partial charge in [-0.3, -0.25) is 0 Å². The fourth-order valence-corrected chi connectivity index (χ4v) is 7.93. The molecule has 2 nitrogen and oxygen atoms in total. The maximum atomic E-state index is 10.2. The van der Waals surface area contributed by atoms with E-state index in [0.717, 1.165) is 37.2 Å². The summed E-state index contributed by atoms with van der Waals surface area (Å²) in [6.45, 7) is 8.51. The molecule has 3 fully saturated rings. The standard InChI is InChI=1S/C24H36O2/c1-15-13-16-14-17(25)8-10-23(16,2)20-9-11-24(3)18(21-5-4-12-26-21)6-7-19(24)22(15)20/h6,13,15,17,19-22,25H,4-5,7-12,14H2,1-3H3/t15-,17-,19+,20+,21?,22+,23+,24-/m1/s1. The number of rotatable bonds is 1. The van der Waals surface area contributed by atoms with E-state index in [0.29, 0.717) is 22.9 Å². The Morgan fingerprint density at radius 3 is 2.65 bits per heavy atom. The zero-order chi connectivity index (χ0) is 18.1. The summed E-state index contributed by atoms with van der Waals surface area (Å²) < 4.78 is 6.12. The first kappa shape index (κ1) is 17.5. The van der Waals surface area contributed by atoms with Crippen molar-refractivity contribution < 1.29 is 9.84 Å². The summed E-state index contributed by atoms with van der Waals surface area (Å²) in [5.41, 5.74) is 3.94. The molecule has 0 amide bonds. The average molecular weight is 357 g/mol. The lowest BCUT2D eigenvalue weighted by atomic mass is 9.45. The summed E-state index contributed by atoms with van der Waals surface area (Å²) in [7, 11) is 0. The highest BCUT2D eigenvalue weighted by Gasteiger charge is 2.59. The fourth-order valence-electron chi connectivity index (χ4n) is 7.93. The Morgan fingerprint density at radius 1 is 1.08 bits per heavy atom. The predicted octanol–water partition coefficient (Wildman–Crippen LogP) is 5.27. The van der Waals surface area contributed by atoms with Gasteiger partial charge in [0.25, 0.3) is 0 Å². The molecule has 1 heterocycles. The molecule has 4 aliphatic carbocycles. The summed E-state index contributed by atoms with van der Waals surface area (Å²) in [5, 5.41) is 10.2. The average Bonchev–Trinajstić information content (AvgIpc) is 3.23. The normalized spacial score (nSPS) is 53.4.